The molecule has 2 N–H and O–H groups in total. The molecule has 1 aromatic rings. The van der Waals surface area contributed by atoms with Crippen LogP contribution in [0, 0.1) is 13.8 Å². The first-order valence-corrected chi connectivity index (χ1v) is 8.95. The van der Waals surface area contributed by atoms with Gasteiger partial charge in [0.25, 0.3) is 0 Å². The Bertz CT molecular complexity index is 690. The van der Waals surface area contributed by atoms with Crippen molar-refractivity contribution >= 4 is 5.84 Å². The zero-order valence-corrected chi connectivity index (χ0v) is 16.5. The summed E-state index contributed by atoms with van der Waals surface area (Å²) in [5.74, 6) is 2.20. The van der Waals surface area contributed by atoms with E-state index in [0.717, 1.165) is 35.6 Å². The lowest BCUT2D eigenvalue weighted by Crippen LogP contribution is -2.50. The molecule has 138 valence electrons. The highest BCUT2D eigenvalue weighted by molar-refractivity contribution is 6.04. The highest BCUT2D eigenvalue weighted by Gasteiger charge is 2.34. The number of nitrogens with two attached hydrogens (primary N) is 1. The van der Waals surface area contributed by atoms with Gasteiger partial charge in [0, 0.05) is 6.04 Å². The molecule has 1 heterocycles. The van der Waals surface area contributed by atoms with Crippen LogP contribution in [0.4, 0.5) is 0 Å². The predicted molar refractivity (Wildman–Crippen MR) is 103 cm³/mol. The van der Waals surface area contributed by atoms with Gasteiger partial charge in [-0.05, 0) is 50.8 Å². The molecule has 5 heteroatoms. The van der Waals surface area contributed by atoms with Crippen molar-refractivity contribution in [1.29, 1.82) is 0 Å². The molecule has 1 aliphatic rings. The van der Waals surface area contributed by atoms with Gasteiger partial charge in [0.15, 0.2) is 0 Å². The van der Waals surface area contributed by atoms with Crippen LogP contribution >= 0.6 is 0 Å². The average molecular weight is 345 g/mol. The minimum Gasteiger partial charge on any atom is -0.496 e. The molecule has 1 aromatic carbocycles. The fraction of sp³-hybridized carbons (Fsp3) is 0.550. The smallest absolute Gasteiger partial charge is 0.236 e. The molecule has 25 heavy (non-hydrogen) atoms. The molecular weight excluding hydrogens is 314 g/mol. The van der Waals surface area contributed by atoms with Crippen LogP contribution in [0.5, 0.6) is 5.75 Å². The summed E-state index contributed by atoms with van der Waals surface area (Å²) in [5.41, 5.74) is 10.3. The van der Waals surface area contributed by atoms with Gasteiger partial charge < -0.3 is 20.1 Å². The Morgan fingerprint density at radius 1 is 1.16 bits per heavy atom. The third kappa shape index (κ3) is 3.46. The van der Waals surface area contributed by atoms with Gasteiger partial charge in [-0.15, -0.1) is 0 Å². The molecule has 0 aromatic heterocycles. The summed E-state index contributed by atoms with van der Waals surface area (Å²) in [7, 11) is 3.31. The van der Waals surface area contributed by atoms with Gasteiger partial charge in [-0.2, -0.15) is 4.99 Å². The van der Waals surface area contributed by atoms with Crippen LogP contribution in [-0.4, -0.2) is 37.0 Å². The Balaban J connectivity index is 2.73. The van der Waals surface area contributed by atoms with E-state index in [1.807, 2.05) is 0 Å². The molecule has 0 radical (unpaired) electrons. The summed E-state index contributed by atoms with van der Waals surface area (Å²) in [6, 6.07) is 4.56. The number of benzene rings is 1. The standard InChI is InChI=1S/C20H31N3O2/c1-8-15(9-2)23-14(5)18(21)20(25-7)22-19(23)17-13(4)10-12(3)11-16(17)24-6/h10-11,14-15H,8-9,21H2,1-7H3. The van der Waals surface area contributed by atoms with E-state index in [0.29, 0.717) is 17.6 Å². The minimum absolute atomic E-state index is 0.0118. The molecular formula is C20H31N3O2. The van der Waals surface area contributed by atoms with Crippen molar-refractivity contribution < 1.29 is 9.47 Å². The zero-order chi connectivity index (χ0) is 18.7. The molecule has 0 saturated heterocycles. The van der Waals surface area contributed by atoms with Crippen LogP contribution in [0.25, 0.3) is 0 Å². The fourth-order valence-electron chi connectivity index (χ4n) is 3.63. The highest BCUT2D eigenvalue weighted by Crippen LogP contribution is 2.33. The quantitative estimate of drug-likeness (QED) is 0.853. The van der Waals surface area contributed by atoms with Crippen LogP contribution in [-0.2, 0) is 4.74 Å². The van der Waals surface area contributed by atoms with Crippen molar-refractivity contribution in [3.05, 3.63) is 40.4 Å². The summed E-state index contributed by atoms with van der Waals surface area (Å²) >= 11 is 0. The molecule has 0 bridgehead atoms. The van der Waals surface area contributed by atoms with Crippen molar-refractivity contribution in [3.63, 3.8) is 0 Å². The molecule has 0 spiro atoms. The van der Waals surface area contributed by atoms with Gasteiger partial charge in [-0.25, -0.2) is 0 Å². The maximum Gasteiger partial charge on any atom is 0.236 e. The number of methoxy groups -OCH3 is 2. The van der Waals surface area contributed by atoms with E-state index in [9.17, 15) is 0 Å². The summed E-state index contributed by atoms with van der Waals surface area (Å²) in [5, 5.41) is 0. The first kappa shape index (κ1) is 19.2. The van der Waals surface area contributed by atoms with Crippen LogP contribution < -0.4 is 10.5 Å². The zero-order valence-electron chi connectivity index (χ0n) is 16.5. The summed E-state index contributed by atoms with van der Waals surface area (Å²) < 4.78 is 11.1. The second-order valence-electron chi connectivity index (χ2n) is 6.61. The van der Waals surface area contributed by atoms with Crippen LogP contribution in [0.15, 0.2) is 28.7 Å². The monoisotopic (exact) mass is 345 g/mol. The van der Waals surface area contributed by atoms with Gasteiger partial charge in [-0.3, -0.25) is 0 Å². The van der Waals surface area contributed by atoms with E-state index >= 15 is 0 Å². The fourth-order valence-corrected chi connectivity index (χ4v) is 3.63. The number of aliphatic imine (C=N–C) groups is 1. The van der Waals surface area contributed by atoms with E-state index < -0.39 is 0 Å². The number of ether oxygens (including phenoxy) is 2. The van der Waals surface area contributed by atoms with Crippen molar-refractivity contribution in [2.75, 3.05) is 14.2 Å². The maximum atomic E-state index is 6.32. The topological polar surface area (TPSA) is 60.1 Å². The Morgan fingerprint density at radius 3 is 2.32 bits per heavy atom. The number of hydrogen-bond acceptors (Lipinski definition) is 5. The van der Waals surface area contributed by atoms with E-state index in [1.165, 1.54) is 5.56 Å². The first-order chi connectivity index (χ1) is 11.9. The SMILES string of the molecule is CCC(CC)N1C(c2c(C)cc(C)cc2OC)=NC(OC)=C(N)C1C. The number of hydrogen-bond donors (Lipinski definition) is 1. The van der Waals surface area contributed by atoms with Crippen LogP contribution in [0.1, 0.15) is 50.3 Å². The van der Waals surface area contributed by atoms with Crippen molar-refractivity contribution in [2.45, 2.75) is 59.5 Å². The van der Waals surface area contributed by atoms with Gasteiger partial charge in [0.05, 0.1) is 31.5 Å². The molecule has 0 aliphatic carbocycles. The molecule has 0 saturated carbocycles. The third-order valence-electron chi connectivity index (χ3n) is 4.98. The number of rotatable bonds is 6. The summed E-state index contributed by atoms with van der Waals surface area (Å²) in [4.78, 5) is 7.11. The molecule has 1 aliphatic heterocycles. The van der Waals surface area contributed by atoms with Crippen LogP contribution in [0.2, 0.25) is 0 Å². The van der Waals surface area contributed by atoms with Gasteiger partial charge in [0.2, 0.25) is 5.88 Å². The second kappa shape index (κ2) is 7.81. The normalized spacial score (nSPS) is 17.8. The Morgan fingerprint density at radius 2 is 1.80 bits per heavy atom. The average Bonchev–Trinajstić information content (AvgIpc) is 2.59. The Kier molecular flexibility index (Phi) is 5.98. The van der Waals surface area contributed by atoms with E-state index in [4.69, 9.17) is 20.2 Å². The third-order valence-corrected chi connectivity index (χ3v) is 4.98. The molecule has 5 nitrogen and oxygen atoms in total. The maximum absolute atomic E-state index is 6.32. The molecule has 2 rings (SSSR count). The Labute approximate surface area is 151 Å². The minimum atomic E-state index is 0.0118. The van der Waals surface area contributed by atoms with Crippen molar-refractivity contribution in [3.8, 4) is 5.75 Å². The summed E-state index contributed by atoms with van der Waals surface area (Å²) in [6.07, 6.45) is 2.03. The number of amidine groups is 1. The van der Waals surface area contributed by atoms with E-state index in [-0.39, 0.29) is 6.04 Å². The molecule has 0 fully saturated rings. The summed E-state index contributed by atoms with van der Waals surface area (Å²) in [6.45, 7) is 10.7. The highest BCUT2D eigenvalue weighted by atomic mass is 16.5. The number of aryl methyl sites for hydroxylation is 2. The molecule has 1 atom stereocenters. The van der Waals surface area contributed by atoms with Gasteiger partial charge in [-0.1, -0.05) is 19.9 Å². The first-order valence-electron chi connectivity index (χ1n) is 8.95. The van der Waals surface area contributed by atoms with E-state index in [2.05, 4.69) is 51.7 Å². The second-order valence-corrected chi connectivity index (χ2v) is 6.61. The largest absolute Gasteiger partial charge is 0.496 e. The van der Waals surface area contributed by atoms with E-state index in [1.54, 1.807) is 14.2 Å². The van der Waals surface area contributed by atoms with Gasteiger partial charge in [0.1, 0.15) is 11.6 Å². The van der Waals surface area contributed by atoms with Crippen LogP contribution in [0.3, 0.4) is 0 Å². The number of nitrogens with zero attached hydrogens (tertiary/aromatic N) is 2. The molecule has 0 amide bonds. The lowest BCUT2D eigenvalue weighted by atomic mass is 9.97. The van der Waals surface area contributed by atoms with Gasteiger partial charge >= 0.3 is 0 Å². The van der Waals surface area contributed by atoms with Crippen molar-refractivity contribution in [2.24, 2.45) is 10.7 Å². The lowest BCUT2D eigenvalue weighted by Gasteiger charge is -2.41. The van der Waals surface area contributed by atoms with Crippen molar-refractivity contribution in [1.82, 2.24) is 4.90 Å². The lowest BCUT2D eigenvalue weighted by molar-refractivity contribution is 0.219. The predicted octanol–water partition coefficient (Wildman–Crippen LogP) is 3.73. The molecule has 1 unspecified atom stereocenters. The Hall–Kier alpha value is -2.17.